The molecule has 4 N–H and O–H groups in total. The van der Waals surface area contributed by atoms with Gasteiger partial charge in [-0.25, -0.2) is 13.2 Å². The van der Waals surface area contributed by atoms with Gasteiger partial charge in [-0.05, 0) is 18.2 Å². The number of carbonyl (C=O) groups is 1. The third-order valence-electron chi connectivity index (χ3n) is 3.90. The van der Waals surface area contributed by atoms with E-state index in [1.165, 1.54) is 52.7 Å². The number of anilines is 2. The van der Waals surface area contributed by atoms with Crippen LogP contribution in [0.4, 0.5) is 16.2 Å². The van der Waals surface area contributed by atoms with Gasteiger partial charge in [-0.3, -0.25) is 4.72 Å². The van der Waals surface area contributed by atoms with Crippen LogP contribution < -0.4 is 34.7 Å². The summed E-state index contributed by atoms with van der Waals surface area (Å²) >= 11 is 0. The first-order valence-corrected chi connectivity index (χ1v) is 10.0. The zero-order valence-corrected chi connectivity index (χ0v) is 17.7. The number of carbonyl (C=O) groups excluding carboxylic acids is 1. The van der Waals surface area contributed by atoms with Crippen molar-refractivity contribution in [1.82, 2.24) is 0 Å². The number of sulfonamides is 1. The smallest absolute Gasteiger partial charge is 0.316 e. The maximum Gasteiger partial charge on any atom is 0.316 e. The molecule has 11 heteroatoms. The molecule has 30 heavy (non-hydrogen) atoms. The first-order chi connectivity index (χ1) is 14.2. The lowest BCUT2D eigenvalue weighted by Crippen LogP contribution is -2.21. The van der Waals surface area contributed by atoms with Crippen LogP contribution in [0.3, 0.4) is 0 Å². The Morgan fingerprint density at radius 2 is 1.50 bits per heavy atom. The molecule has 0 atom stereocenters. The van der Waals surface area contributed by atoms with E-state index in [0.29, 0.717) is 28.6 Å². The van der Waals surface area contributed by atoms with Crippen LogP contribution in [-0.4, -0.2) is 42.9 Å². The monoisotopic (exact) mass is 437 g/mol. The summed E-state index contributed by atoms with van der Waals surface area (Å²) in [5.74, 6) is 1.61. The van der Waals surface area contributed by atoms with Gasteiger partial charge in [-0.2, -0.15) is 0 Å². The summed E-state index contributed by atoms with van der Waals surface area (Å²) in [4.78, 5) is 11.2. The molecule has 2 aromatic rings. The van der Waals surface area contributed by atoms with Crippen molar-refractivity contribution in [2.24, 2.45) is 5.73 Å². The number of methoxy groups -OCH3 is 4. The number of nitrogens with two attached hydrogens (primary N) is 1. The molecule has 0 saturated carbocycles. The predicted molar refractivity (Wildman–Crippen MR) is 114 cm³/mol. The lowest BCUT2D eigenvalue weighted by Gasteiger charge is -2.14. The van der Waals surface area contributed by atoms with Gasteiger partial charge in [0.15, 0.2) is 0 Å². The average molecular weight is 437 g/mol. The minimum Gasteiger partial charge on any atom is -0.497 e. The lowest BCUT2D eigenvalue weighted by molar-refractivity contribution is 0.259. The Morgan fingerprint density at radius 3 is 2.00 bits per heavy atom. The van der Waals surface area contributed by atoms with Crippen molar-refractivity contribution in [3.63, 3.8) is 0 Å². The Labute approximate surface area is 174 Å². The van der Waals surface area contributed by atoms with Crippen molar-refractivity contribution in [2.75, 3.05) is 38.5 Å². The quantitative estimate of drug-likeness (QED) is 0.548. The van der Waals surface area contributed by atoms with E-state index < -0.39 is 16.1 Å². The zero-order chi connectivity index (χ0) is 22.3. The van der Waals surface area contributed by atoms with Crippen LogP contribution in [0.15, 0.2) is 35.7 Å². The normalized spacial score (nSPS) is 11.1. The van der Waals surface area contributed by atoms with Gasteiger partial charge in [0.2, 0.25) is 0 Å². The van der Waals surface area contributed by atoms with Crippen molar-refractivity contribution in [3.05, 3.63) is 41.3 Å². The molecule has 0 saturated heterocycles. The Hall–Kier alpha value is -3.60. The highest BCUT2D eigenvalue weighted by Crippen LogP contribution is 2.35. The summed E-state index contributed by atoms with van der Waals surface area (Å²) in [7, 11) is 1.83. The largest absolute Gasteiger partial charge is 0.497 e. The van der Waals surface area contributed by atoms with Crippen LogP contribution in [0, 0.1) is 0 Å². The first-order valence-electron chi connectivity index (χ1n) is 8.48. The molecule has 0 radical (unpaired) electrons. The Balaban J connectivity index is 2.39. The molecule has 0 aliphatic carbocycles. The van der Waals surface area contributed by atoms with Crippen LogP contribution in [-0.2, 0) is 10.0 Å². The third-order valence-corrected chi connectivity index (χ3v) is 4.90. The minimum atomic E-state index is -3.98. The number of urea groups is 1. The molecule has 2 amide bonds. The number of amides is 2. The van der Waals surface area contributed by atoms with Crippen LogP contribution in [0.2, 0.25) is 0 Å². The topological polar surface area (TPSA) is 138 Å². The van der Waals surface area contributed by atoms with Crippen molar-refractivity contribution >= 4 is 33.5 Å². The van der Waals surface area contributed by atoms with Gasteiger partial charge in [-0.1, -0.05) is 0 Å². The SMILES string of the molecule is COc1ccc(NS(=O)(=O)C=Cc2c(OC)cc(OC)cc2OC)c(NC(N)=O)c1. The van der Waals surface area contributed by atoms with Crippen LogP contribution >= 0.6 is 0 Å². The fourth-order valence-corrected chi connectivity index (χ4v) is 3.39. The fraction of sp³-hybridized carbons (Fsp3) is 0.211. The maximum absolute atomic E-state index is 12.6. The summed E-state index contributed by atoms with van der Waals surface area (Å²) in [5.41, 5.74) is 5.79. The minimum absolute atomic E-state index is 0.105. The molecule has 0 aliphatic rings. The highest BCUT2D eigenvalue weighted by Gasteiger charge is 2.15. The molecule has 0 heterocycles. The van der Waals surface area contributed by atoms with Crippen molar-refractivity contribution in [2.45, 2.75) is 0 Å². The molecule has 2 rings (SSSR count). The van der Waals surface area contributed by atoms with E-state index in [2.05, 4.69) is 10.0 Å². The summed E-state index contributed by atoms with van der Waals surface area (Å²) in [6.07, 6.45) is 1.32. The second kappa shape index (κ2) is 9.74. The van der Waals surface area contributed by atoms with E-state index in [1.54, 1.807) is 12.1 Å². The molecule has 10 nitrogen and oxygen atoms in total. The number of hydrogen-bond acceptors (Lipinski definition) is 7. The van der Waals surface area contributed by atoms with E-state index in [0.717, 1.165) is 5.41 Å². The Bertz CT molecular complexity index is 1030. The zero-order valence-electron chi connectivity index (χ0n) is 16.9. The number of primary amides is 1. The molecule has 0 spiro atoms. The molecule has 162 valence electrons. The second-order valence-corrected chi connectivity index (χ2v) is 7.36. The summed E-state index contributed by atoms with van der Waals surface area (Å²) < 4.78 is 48.4. The van der Waals surface area contributed by atoms with E-state index >= 15 is 0 Å². The third kappa shape index (κ3) is 5.70. The maximum atomic E-state index is 12.6. The molecule has 0 unspecified atom stereocenters. The number of ether oxygens (including phenoxy) is 4. The van der Waals surface area contributed by atoms with Gasteiger partial charge < -0.3 is 30.0 Å². The first kappa shape index (κ1) is 22.7. The van der Waals surface area contributed by atoms with Crippen molar-refractivity contribution in [3.8, 4) is 23.0 Å². The average Bonchev–Trinajstić information content (AvgIpc) is 2.72. The standard InChI is InChI=1S/C19H23N3O7S/c1-26-12-5-6-15(16(9-12)21-19(20)23)22-30(24,25)8-7-14-17(28-3)10-13(27-2)11-18(14)29-4/h5-11,22H,1-4H3,(H3,20,21,23). The van der Waals surface area contributed by atoms with Crippen molar-refractivity contribution in [1.29, 1.82) is 0 Å². The molecular formula is C19H23N3O7S. The number of hydrogen-bond donors (Lipinski definition) is 3. The number of nitrogens with one attached hydrogen (secondary N) is 2. The predicted octanol–water partition coefficient (Wildman–Crippen LogP) is 2.62. The Morgan fingerprint density at radius 1 is 0.900 bits per heavy atom. The fourth-order valence-electron chi connectivity index (χ4n) is 2.52. The van der Waals surface area contributed by atoms with E-state index in [1.807, 2.05) is 0 Å². The Kier molecular flexibility index (Phi) is 7.37. The van der Waals surface area contributed by atoms with Gasteiger partial charge in [0.1, 0.15) is 23.0 Å². The van der Waals surface area contributed by atoms with Crippen LogP contribution in [0.1, 0.15) is 5.56 Å². The van der Waals surface area contributed by atoms with E-state index in [-0.39, 0.29) is 11.4 Å². The van der Waals surface area contributed by atoms with Gasteiger partial charge >= 0.3 is 6.03 Å². The highest BCUT2D eigenvalue weighted by molar-refractivity contribution is 7.95. The number of benzene rings is 2. The molecule has 0 aromatic heterocycles. The highest BCUT2D eigenvalue weighted by atomic mass is 32.2. The molecule has 2 aromatic carbocycles. The molecular weight excluding hydrogens is 414 g/mol. The van der Waals surface area contributed by atoms with Gasteiger partial charge in [0.25, 0.3) is 10.0 Å². The summed E-state index contributed by atoms with van der Waals surface area (Å²) in [5, 5.41) is 3.29. The van der Waals surface area contributed by atoms with E-state index in [4.69, 9.17) is 24.7 Å². The summed E-state index contributed by atoms with van der Waals surface area (Å²) in [6, 6.07) is 6.74. The summed E-state index contributed by atoms with van der Waals surface area (Å²) in [6.45, 7) is 0. The van der Waals surface area contributed by atoms with Crippen LogP contribution in [0.25, 0.3) is 6.08 Å². The lowest BCUT2D eigenvalue weighted by atomic mass is 10.1. The van der Waals surface area contributed by atoms with E-state index in [9.17, 15) is 13.2 Å². The molecule has 0 bridgehead atoms. The van der Waals surface area contributed by atoms with Crippen LogP contribution in [0.5, 0.6) is 23.0 Å². The van der Waals surface area contributed by atoms with Gasteiger partial charge in [-0.15, -0.1) is 0 Å². The van der Waals surface area contributed by atoms with Gasteiger partial charge in [0, 0.05) is 18.2 Å². The number of rotatable bonds is 9. The molecule has 0 fully saturated rings. The van der Waals surface area contributed by atoms with Crippen molar-refractivity contribution < 1.29 is 32.2 Å². The molecule has 0 aliphatic heterocycles. The van der Waals surface area contributed by atoms with Gasteiger partial charge in [0.05, 0.1) is 50.8 Å². The second-order valence-electron chi connectivity index (χ2n) is 5.80.